The highest BCUT2D eigenvalue weighted by atomic mass is 16.8. The van der Waals surface area contributed by atoms with E-state index in [1.807, 2.05) is 0 Å². The third-order valence-electron chi connectivity index (χ3n) is 2.76. The minimum atomic E-state index is -2.90. The van der Waals surface area contributed by atoms with Gasteiger partial charge in [-0.3, -0.25) is 0 Å². The van der Waals surface area contributed by atoms with Crippen molar-refractivity contribution in [1.29, 1.82) is 0 Å². The molecule has 0 radical (unpaired) electrons. The molecule has 0 saturated heterocycles. The van der Waals surface area contributed by atoms with Crippen LogP contribution in [0.4, 0.5) is 0 Å². The Kier molecular flexibility index (Phi) is 8.57. The number of rotatable bonds is 10. The highest BCUT2D eigenvalue weighted by Gasteiger charge is 2.41. The molecule has 0 aromatic rings. The van der Waals surface area contributed by atoms with E-state index in [2.05, 4.69) is 31.7 Å². The summed E-state index contributed by atoms with van der Waals surface area (Å²) in [4.78, 5) is 22.3. The molecule has 0 aromatic carbocycles. The molecule has 0 fully saturated rings. The zero-order valence-electron chi connectivity index (χ0n) is 12.6. The van der Waals surface area contributed by atoms with Crippen LogP contribution >= 0.6 is 0 Å². The maximum Gasteiger partial charge on any atom is 0.363 e. The lowest BCUT2D eigenvalue weighted by Crippen LogP contribution is -2.48. The third-order valence-corrected chi connectivity index (χ3v) is 2.76. The van der Waals surface area contributed by atoms with Gasteiger partial charge in [0.25, 0.3) is 0 Å². The Morgan fingerprint density at radius 3 is 2.10 bits per heavy atom. The van der Waals surface area contributed by atoms with Crippen molar-refractivity contribution in [3.8, 4) is 0 Å². The summed E-state index contributed by atoms with van der Waals surface area (Å²) in [5.41, 5.74) is 0. The van der Waals surface area contributed by atoms with Crippen molar-refractivity contribution in [2.24, 2.45) is 5.92 Å². The zero-order valence-corrected chi connectivity index (χ0v) is 12.6. The number of unbranched alkanes of at least 4 members (excludes halogenated alkanes) is 1. The van der Waals surface area contributed by atoms with Gasteiger partial charge in [-0.1, -0.05) is 39.8 Å². The van der Waals surface area contributed by atoms with Crippen LogP contribution in [0.2, 0.25) is 0 Å². The van der Waals surface area contributed by atoms with Crippen LogP contribution in [0.15, 0.2) is 25.3 Å². The van der Waals surface area contributed by atoms with Gasteiger partial charge in [-0.25, -0.2) is 9.59 Å². The van der Waals surface area contributed by atoms with Crippen molar-refractivity contribution in [3.63, 3.8) is 0 Å². The van der Waals surface area contributed by atoms with E-state index in [-0.39, 0.29) is 6.42 Å². The summed E-state index contributed by atoms with van der Waals surface area (Å²) in [6.07, 6.45) is 2.80. The molecule has 21 heavy (non-hydrogen) atoms. The van der Waals surface area contributed by atoms with Crippen molar-refractivity contribution in [3.05, 3.63) is 25.3 Å². The van der Waals surface area contributed by atoms with E-state index in [0.717, 1.165) is 25.0 Å². The molecule has 0 spiro atoms. The fourth-order valence-electron chi connectivity index (χ4n) is 1.65. The van der Waals surface area contributed by atoms with Crippen LogP contribution in [0.3, 0.4) is 0 Å². The van der Waals surface area contributed by atoms with E-state index in [4.69, 9.17) is 4.74 Å². The monoisotopic (exact) mass is 300 g/mol. The first-order valence-corrected chi connectivity index (χ1v) is 6.86. The molecule has 0 aliphatic rings. The normalized spacial score (nSPS) is 12.6. The van der Waals surface area contributed by atoms with Crippen LogP contribution in [0.5, 0.6) is 0 Å². The lowest BCUT2D eigenvalue weighted by Gasteiger charge is -2.29. The Morgan fingerprint density at radius 1 is 1.10 bits per heavy atom. The van der Waals surface area contributed by atoms with E-state index >= 15 is 0 Å². The Bertz CT molecular complexity index is 372. The molecule has 0 amide bonds. The Labute approximate surface area is 125 Å². The number of hydrogen-bond acceptors (Lipinski definition) is 6. The van der Waals surface area contributed by atoms with Gasteiger partial charge in [0, 0.05) is 12.2 Å². The predicted molar refractivity (Wildman–Crippen MR) is 76.8 cm³/mol. The molecule has 1 unspecified atom stereocenters. The minimum Gasteiger partial charge on any atom is -0.449 e. The van der Waals surface area contributed by atoms with Crippen LogP contribution in [0.1, 0.15) is 39.5 Å². The summed E-state index contributed by atoms with van der Waals surface area (Å²) in [5, 5.41) is 19.6. The second-order valence-electron chi connectivity index (χ2n) is 5.09. The van der Waals surface area contributed by atoms with Crippen molar-refractivity contribution in [2.45, 2.75) is 51.6 Å². The van der Waals surface area contributed by atoms with Crippen LogP contribution in [0.25, 0.3) is 0 Å². The second kappa shape index (κ2) is 9.31. The number of esters is 2. The molecule has 0 aromatic heterocycles. The molecule has 0 bridgehead atoms. The first kappa shape index (κ1) is 19.3. The molecule has 6 heteroatoms. The Balaban J connectivity index is 4.69. The predicted octanol–water partition coefficient (Wildman–Crippen LogP) is 1.67. The van der Waals surface area contributed by atoms with Crippen LogP contribution in [-0.4, -0.2) is 34.2 Å². The largest absolute Gasteiger partial charge is 0.449 e. The van der Waals surface area contributed by atoms with Gasteiger partial charge in [-0.2, -0.15) is 0 Å². The standard InChI is InChI=1S/C15H24O6/c1-5-13(16)20-12(10-8-7-9-11(3)4)15(18,19)21-14(17)6-2/h5-6,11-12,18-19H,1-2,7-10H2,3-4H3. The first-order valence-electron chi connectivity index (χ1n) is 6.86. The number of carbonyl (C=O) groups excluding carboxylic acids is 2. The number of hydrogen-bond donors (Lipinski definition) is 2. The summed E-state index contributed by atoms with van der Waals surface area (Å²) >= 11 is 0. The van der Waals surface area contributed by atoms with Gasteiger partial charge < -0.3 is 19.7 Å². The van der Waals surface area contributed by atoms with Gasteiger partial charge in [0.05, 0.1) is 0 Å². The molecule has 0 rings (SSSR count). The van der Waals surface area contributed by atoms with Crippen LogP contribution < -0.4 is 0 Å². The molecular weight excluding hydrogens is 276 g/mol. The molecule has 0 aliphatic carbocycles. The van der Waals surface area contributed by atoms with E-state index in [1.165, 1.54) is 0 Å². The second-order valence-corrected chi connectivity index (χ2v) is 5.09. The fraction of sp³-hybridized carbons (Fsp3) is 0.600. The van der Waals surface area contributed by atoms with Gasteiger partial charge in [0.1, 0.15) is 0 Å². The topological polar surface area (TPSA) is 93.1 Å². The van der Waals surface area contributed by atoms with Gasteiger partial charge in [-0.15, -0.1) is 0 Å². The van der Waals surface area contributed by atoms with E-state index < -0.39 is 24.0 Å². The number of aliphatic hydroxyl groups is 2. The lowest BCUT2D eigenvalue weighted by molar-refractivity contribution is -0.357. The zero-order chi connectivity index (χ0) is 16.5. The van der Waals surface area contributed by atoms with Gasteiger partial charge >= 0.3 is 17.9 Å². The molecule has 2 N–H and O–H groups in total. The number of ether oxygens (including phenoxy) is 2. The fourth-order valence-corrected chi connectivity index (χ4v) is 1.65. The smallest absolute Gasteiger partial charge is 0.363 e. The summed E-state index contributed by atoms with van der Waals surface area (Å²) in [6, 6.07) is 0. The van der Waals surface area contributed by atoms with E-state index in [9.17, 15) is 19.8 Å². The van der Waals surface area contributed by atoms with Crippen molar-refractivity contribution in [1.82, 2.24) is 0 Å². The maximum atomic E-state index is 11.2. The minimum absolute atomic E-state index is 0.143. The third kappa shape index (κ3) is 8.27. The van der Waals surface area contributed by atoms with Crippen LogP contribution in [0, 0.1) is 5.92 Å². The Hall–Kier alpha value is -1.66. The van der Waals surface area contributed by atoms with Crippen molar-refractivity contribution < 1.29 is 29.3 Å². The maximum absolute atomic E-state index is 11.2. The van der Waals surface area contributed by atoms with Gasteiger partial charge in [-0.05, 0) is 18.8 Å². The molecule has 1 atom stereocenters. The summed E-state index contributed by atoms with van der Waals surface area (Å²) in [6.45, 7) is 10.5. The lowest BCUT2D eigenvalue weighted by atomic mass is 10.0. The van der Waals surface area contributed by atoms with Crippen molar-refractivity contribution in [2.75, 3.05) is 0 Å². The molecule has 0 aliphatic heterocycles. The Morgan fingerprint density at radius 2 is 1.62 bits per heavy atom. The molecule has 120 valence electrons. The van der Waals surface area contributed by atoms with Gasteiger partial charge in [0.15, 0.2) is 6.10 Å². The quantitative estimate of drug-likeness (QED) is 0.276. The van der Waals surface area contributed by atoms with Crippen LogP contribution in [-0.2, 0) is 19.1 Å². The first-order chi connectivity index (χ1) is 9.72. The molecule has 0 saturated carbocycles. The SMILES string of the molecule is C=CC(=O)OC(CCCCC(C)C)C(O)(O)OC(=O)C=C. The highest BCUT2D eigenvalue weighted by Crippen LogP contribution is 2.21. The molecular formula is C15H24O6. The van der Waals surface area contributed by atoms with Crippen molar-refractivity contribution >= 4 is 11.9 Å². The van der Waals surface area contributed by atoms with Gasteiger partial charge in [0.2, 0.25) is 0 Å². The number of carbonyl (C=O) groups is 2. The average molecular weight is 300 g/mol. The average Bonchev–Trinajstić information content (AvgIpc) is 2.40. The van der Waals surface area contributed by atoms with E-state index in [0.29, 0.717) is 12.3 Å². The summed E-state index contributed by atoms with van der Waals surface area (Å²) in [5.74, 6) is -4.24. The molecule has 0 heterocycles. The van der Waals surface area contributed by atoms with E-state index in [1.54, 1.807) is 0 Å². The summed E-state index contributed by atoms with van der Waals surface area (Å²) < 4.78 is 9.26. The molecule has 6 nitrogen and oxygen atoms in total. The highest BCUT2D eigenvalue weighted by molar-refractivity contribution is 5.82. The summed E-state index contributed by atoms with van der Waals surface area (Å²) in [7, 11) is 0.